The van der Waals surface area contributed by atoms with E-state index in [1.54, 1.807) is 12.1 Å². The van der Waals surface area contributed by atoms with Crippen molar-refractivity contribution in [1.29, 1.82) is 0 Å². The number of furan rings is 1. The van der Waals surface area contributed by atoms with Crippen LogP contribution in [0.25, 0.3) is 11.7 Å². The van der Waals surface area contributed by atoms with E-state index in [4.69, 9.17) is 13.6 Å². The number of benzene rings is 1. The van der Waals surface area contributed by atoms with Crippen LogP contribution in [-0.2, 0) is 26.2 Å². The van der Waals surface area contributed by atoms with Crippen LogP contribution in [0.4, 0.5) is 4.39 Å². The standard InChI is InChI=1S/C16H14FN3O6S/c1-10(20-27(22,23)12-6-4-11(17)5-7-12)16(21)25-9-14-18-19-15(26-14)13-3-2-8-24-13/h2-8,10,20H,9H2,1H3/t10-/m0/s1. The fourth-order valence-corrected chi connectivity index (χ4v) is 3.22. The van der Waals surface area contributed by atoms with E-state index < -0.39 is 27.9 Å². The molecule has 11 heteroatoms. The molecule has 0 saturated heterocycles. The van der Waals surface area contributed by atoms with Gasteiger partial charge in [0.15, 0.2) is 12.4 Å². The molecule has 0 amide bonds. The Hall–Kier alpha value is -3.05. The van der Waals surface area contributed by atoms with E-state index in [1.807, 2.05) is 0 Å². The Morgan fingerprint density at radius 2 is 2.00 bits per heavy atom. The number of carbonyl (C=O) groups excluding carboxylic acids is 1. The Morgan fingerprint density at radius 3 is 2.67 bits per heavy atom. The highest BCUT2D eigenvalue weighted by atomic mass is 32.2. The lowest BCUT2D eigenvalue weighted by molar-refractivity contribution is -0.147. The van der Waals surface area contributed by atoms with Gasteiger partial charge in [-0.1, -0.05) is 0 Å². The SMILES string of the molecule is C[C@H](NS(=O)(=O)c1ccc(F)cc1)C(=O)OCc1nnc(-c2ccco2)o1. The molecule has 2 heterocycles. The number of esters is 1. The maximum Gasteiger partial charge on any atom is 0.324 e. The molecule has 9 nitrogen and oxygen atoms in total. The highest BCUT2D eigenvalue weighted by molar-refractivity contribution is 7.89. The van der Waals surface area contributed by atoms with Gasteiger partial charge in [0, 0.05) is 0 Å². The molecule has 0 bridgehead atoms. The number of ether oxygens (including phenoxy) is 1. The van der Waals surface area contributed by atoms with E-state index in [0.717, 1.165) is 24.3 Å². The Labute approximate surface area is 153 Å². The minimum Gasteiger partial charge on any atom is -0.459 e. The number of carbonyl (C=O) groups is 1. The first-order valence-electron chi connectivity index (χ1n) is 7.66. The number of sulfonamides is 1. The molecular weight excluding hydrogens is 381 g/mol. The molecule has 0 saturated carbocycles. The van der Waals surface area contributed by atoms with E-state index in [0.29, 0.717) is 5.76 Å². The van der Waals surface area contributed by atoms with Crippen LogP contribution in [0.5, 0.6) is 0 Å². The van der Waals surface area contributed by atoms with Crippen molar-refractivity contribution in [1.82, 2.24) is 14.9 Å². The maximum absolute atomic E-state index is 12.9. The monoisotopic (exact) mass is 395 g/mol. The normalized spacial score (nSPS) is 12.7. The molecule has 27 heavy (non-hydrogen) atoms. The lowest BCUT2D eigenvalue weighted by atomic mass is 10.4. The molecule has 0 fully saturated rings. The second kappa shape index (κ2) is 7.68. The third kappa shape index (κ3) is 4.57. The van der Waals surface area contributed by atoms with E-state index in [1.165, 1.54) is 13.2 Å². The molecule has 0 unspecified atom stereocenters. The summed E-state index contributed by atoms with van der Waals surface area (Å²) in [6, 6.07) is 6.26. The molecule has 3 rings (SSSR count). The van der Waals surface area contributed by atoms with Crippen molar-refractivity contribution in [2.75, 3.05) is 0 Å². The second-order valence-corrected chi connectivity index (χ2v) is 7.10. The van der Waals surface area contributed by atoms with Gasteiger partial charge in [0.1, 0.15) is 11.9 Å². The van der Waals surface area contributed by atoms with Crippen LogP contribution < -0.4 is 4.72 Å². The number of halogens is 1. The Balaban J connectivity index is 1.57. The van der Waals surface area contributed by atoms with Gasteiger partial charge in [-0.3, -0.25) is 4.79 Å². The first kappa shape index (κ1) is 18.7. The fraction of sp³-hybridized carbons (Fsp3) is 0.188. The molecule has 1 N–H and O–H groups in total. The molecule has 2 aromatic heterocycles. The third-order valence-electron chi connectivity index (χ3n) is 3.35. The van der Waals surface area contributed by atoms with Gasteiger partial charge in [0.2, 0.25) is 10.0 Å². The van der Waals surface area contributed by atoms with Gasteiger partial charge in [-0.2, -0.15) is 4.72 Å². The highest BCUT2D eigenvalue weighted by Gasteiger charge is 2.24. The number of rotatable bonds is 7. The summed E-state index contributed by atoms with van der Waals surface area (Å²) in [6.07, 6.45) is 1.44. The summed E-state index contributed by atoms with van der Waals surface area (Å²) >= 11 is 0. The average molecular weight is 395 g/mol. The van der Waals surface area contributed by atoms with Gasteiger partial charge >= 0.3 is 5.97 Å². The van der Waals surface area contributed by atoms with Crippen molar-refractivity contribution < 1.29 is 31.2 Å². The zero-order valence-corrected chi connectivity index (χ0v) is 14.8. The second-order valence-electron chi connectivity index (χ2n) is 5.38. The van der Waals surface area contributed by atoms with Crippen molar-refractivity contribution in [3.63, 3.8) is 0 Å². The number of hydrogen-bond donors (Lipinski definition) is 1. The lowest BCUT2D eigenvalue weighted by Crippen LogP contribution is -2.39. The van der Waals surface area contributed by atoms with Gasteiger partial charge in [0.05, 0.1) is 11.2 Å². The molecule has 3 aromatic rings. The van der Waals surface area contributed by atoms with E-state index in [2.05, 4.69) is 14.9 Å². The summed E-state index contributed by atoms with van der Waals surface area (Å²) in [5.41, 5.74) is 0. The molecule has 0 aliphatic rings. The molecule has 1 atom stereocenters. The minimum absolute atomic E-state index is 0.0170. The number of nitrogens with zero attached hydrogens (tertiary/aromatic N) is 2. The molecule has 1 aromatic carbocycles. The van der Waals surface area contributed by atoms with Crippen molar-refractivity contribution in [2.24, 2.45) is 0 Å². The summed E-state index contributed by atoms with van der Waals surface area (Å²) in [7, 11) is -4.01. The average Bonchev–Trinajstić information content (AvgIpc) is 3.31. The van der Waals surface area contributed by atoms with Crippen molar-refractivity contribution in [2.45, 2.75) is 24.5 Å². The van der Waals surface area contributed by atoms with Gasteiger partial charge in [-0.25, -0.2) is 12.8 Å². The predicted molar refractivity (Wildman–Crippen MR) is 88.0 cm³/mol. The van der Waals surface area contributed by atoms with Gasteiger partial charge in [0.25, 0.3) is 11.8 Å². The van der Waals surface area contributed by atoms with Gasteiger partial charge in [-0.15, -0.1) is 10.2 Å². The van der Waals surface area contributed by atoms with Gasteiger partial charge in [-0.05, 0) is 43.3 Å². The first-order valence-corrected chi connectivity index (χ1v) is 9.14. The van der Waals surface area contributed by atoms with Crippen molar-refractivity contribution in [3.8, 4) is 11.7 Å². The summed E-state index contributed by atoms with van der Waals surface area (Å²) in [6.45, 7) is 0.973. The van der Waals surface area contributed by atoms with Crippen LogP contribution in [0.1, 0.15) is 12.8 Å². The number of hydrogen-bond acceptors (Lipinski definition) is 8. The van der Waals surface area contributed by atoms with Crippen LogP contribution in [0.2, 0.25) is 0 Å². The van der Waals surface area contributed by atoms with Crippen LogP contribution in [0.3, 0.4) is 0 Å². The molecule has 0 radical (unpaired) electrons. The largest absolute Gasteiger partial charge is 0.459 e. The smallest absolute Gasteiger partial charge is 0.324 e. The van der Waals surface area contributed by atoms with E-state index >= 15 is 0 Å². The van der Waals surface area contributed by atoms with Crippen LogP contribution >= 0.6 is 0 Å². The minimum atomic E-state index is -4.01. The number of nitrogens with one attached hydrogen (secondary N) is 1. The summed E-state index contributed by atoms with van der Waals surface area (Å²) in [4.78, 5) is 11.8. The molecule has 0 spiro atoms. The molecular formula is C16H14FN3O6S. The van der Waals surface area contributed by atoms with Crippen molar-refractivity contribution >= 4 is 16.0 Å². The van der Waals surface area contributed by atoms with Crippen LogP contribution in [0.15, 0.2) is 56.4 Å². The fourth-order valence-electron chi connectivity index (χ4n) is 2.03. The topological polar surface area (TPSA) is 125 Å². The third-order valence-corrected chi connectivity index (χ3v) is 4.90. The van der Waals surface area contributed by atoms with E-state index in [9.17, 15) is 17.6 Å². The Kier molecular flexibility index (Phi) is 5.33. The van der Waals surface area contributed by atoms with Crippen LogP contribution in [0, 0.1) is 5.82 Å². The molecule has 0 aliphatic carbocycles. The van der Waals surface area contributed by atoms with Crippen LogP contribution in [-0.4, -0.2) is 30.6 Å². The summed E-state index contributed by atoms with van der Waals surface area (Å²) in [5, 5.41) is 7.45. The van der Waals surface area contributed by atoms with Gasteiger partial charge < -0.3 is 13.6 Å². The molecule has 142 valence electrons. The van der Waals surface area contributed by atoms with E-state index in [-0.39, 0.29) is 23.3 Å². The quantitative estimate of drug-likeness (QED) is 0.601. The molecule has 0 aliphatic heterocycles. The maximum atomic E-state index is 12.9. The zero-order chi connectivity index (χ0) is 19.4. The highest BCUT2D eigenvalue weighted by Crippen LogP contribution is 2.18. The predicted octanol–water partition coefficient (Wildman–Crippen LogP) is 1.88. The Morgan fingerprint density at radius 1 is 1.26 bits per heavy atom. The summed E-state index contributed by atoms with van der Waals surface area (Å²) in [5.74, 6) is -0.923. The summed E-state index contributed by atoms with van der Waals surface area (Å²) < 4.78 is 54.7. The number of aromatic nitrogens is 2. The Bertz CT molecular complexity index is 1010. The first-order chi connectivity index (χ1) is 12.8. The van der Waals surface area contributed by atoms with Crippen molar-refractivity contribution in [3.05, 3.63) is 54.4 Å². The zero-order valence-electron chi connectivity index (χ0n) is 14.0. The lowest BCUT2D eigenvalue weighted by Gasteiger charge is -2.13.